The van der Waals surface area contributed by atoms with E-state index in [-0.39, 0.29) is 0 Å². The molecule has 6 aromatic rings. The third-order valence-corrected chi connectivity index (χ3v) is 20.7. The summed E-state index contributed by atoms with van der Waals surface area (Å²) < 4.78 is 47.0. The summed E-state index contributed by atoms with van der Waals surface area (Å²) in [7, 11) is 4.95. The molecule has 0 fully saturated rings. The zero-order valence-corrected chi connectivity index (χ0v) is 43.6. The third kappa shape index (κ3) is 11.6. The average Bonchev–Trinajstić information content (AvgIpc) is 3.70. The lowest BCUT2D eigenvalue weighted by Gasteiger charge is -2.35. The van der Waals surface area contributed by atoms with Crippen LogP contribution < -0.4 is 9.47 Å². The fraction of sp³-hybridized carbons (Fsp3) is 0.345. The molecule has 0 radical (unpaired) electrons. The lowest BCUT2D eigenvalue weighted by molar-refractivity contribution is 0.123. The van der Waals surface area contributed by atoms with Crippen molar-refractivity contribution >= 4 is 41.1 Å². The molecule has 0 heterocycles. The Morgan fingerprint density at radius 2 is 0.746 bits per heavy atom. The molecule has 0 amide bonds. The standard InChI is InChI=1S/C55H66O8S2Si2/c1-56-66(57-2,58-3)39-19-37-64-35-17-33-62-53-31-29-45(41-49(53)43-21-9-7-10-22-43)55(51-27-15-13-25-47(51)48-26-14-16-28-52(48)55)46-30-32-54(50(42-46)44-23-11-8-12-24-44)63-34-18-36-65-38-20-40-67(59-4,60-5)61-6/h7-16,21-32,41-42H,17-20,33-40H2,1-6H3. The Hall–Kier alpha value is -4.19. The first-order valence-corrected chi connectivity index (χ1v) is 29.4. The molecule has 0 N–H and O–H groups in total. The summed E-state index contributed by atoms with van der Waals surface area (Å²) in [5.41, 5.74) is 11.1. The van der Waals surface area contributed by atoms with Crippen molar-refractivity contribution in [1.29, 1.82) is 0 Å². The third-order valence-electron chi connectivity index (χ3n) is 12.7. The van der Waals surface area contributed by atoms with Gasteiger partial charge in [0.1, 0.15) is 11.5 Å². The van der Waals surface area contributed by atoms with Gasteiger partial charge in [0.05, 0.1) is 18.6 Å². The largest absolute Gasteiger partial charge is 0.500 e. The normalized spacial score (nSPS) is 13.0. The molecule has 7 rings (SSSR count). The zero-order chi connectivity index (χ0) is 47.0. The van der Waals surface area contributed by atoms with Gasteiger partial charge in [-0.2, -0.15) is 23.5 Å². The second-order valence-electron chi connectivity index (χ2n) is 16.4. The van der Waals surface area contributed by atoms with Crippen LogP contribution in [0, 0.1) is 0 Å². The molecular weight excluding hydrogens is 909 g/mol. The van der Waals surface area contributed by atoms with Crippen molar-refractivity contribution in [3.05, 3.63) is 168 Å². The van der Waals surface area contributed by atoms with E-state index in [1.165, 1.54) is 33.4 Å². The van der Waals surface area contributed by atoms with Crippen LogP contribution in [0.15, 0.2) is 146 Å². The number of benzene rings is 6. The molecule has 0 atom stereocenters. The smallest absolute Gasteiger partial charge is 0.493 e. The molecule has 354 valence electrons. The van der Waals surface area contributed by atoms with Crippen molar-refractivity contribution in [2.75, 3.05) is 78.9 Å². The fourth-order valence-corrected chi connectivity index (χ4v) is 15.0. The van der Waals surface area contributed by atoms with Crippen LogP contribution in [0.25, 0.3) is 33.4 Å². The molecule has 67 heavy (non-hydrogen) atoms. The van der Waals surface area contributed by atoms with E-state index in [1.54, 1.807) is 42.7 Å². The highest BCUT2D eigenvalue weighted by Gasteiger charge is 2.46. The summed E-state index contributed by atoms with van der Waals surface area (Å²) in [4.78, 5) is 0. The van der Waals surface area contributed by atoms with Crippen molar-refractivity contribution in [3.63, 3.8) is 0 Å². The van der Waals surface area contributed by atoms with Gasteiger partial charge in [-0.25, -0.2) is 0 Å². The van der Waals surface area contributed by atoms with E-state index < -0.39 is 23.0 Å². The Morgan fingerprint density at radius 1 is 0.388 bits per heavy atom. The molecule has 0 saturated carbocycles. The minimum Gasteiger partial charge on any atom is -0.493 e. The Kier molecular flexibility index (Phi) is 18.8. The maximum Gasteiger partial charge on any atom is 0.500 e. The quantitative estimate of drug-likeness (QED) is 0.0350. The molecule has 8 nitrogen and oxygen atoms in total. The number of hydrogen-bond acceptors (Lipinski definition) is 10. The summed E-state index contributed by atoms with van der Waals surface area (Å²) in [5.74, 6) is 5.80. The Morgan fingerprint density at radius 3 is 1.13 bits per heavy atom. The molecule has 12 heteroatoms. The lowest BCUT2D eigenvalue weighted by Crippen LogP contribution is -2.42. The molecule has 0 unspecified atom stereocenters. The lowest BCUT2D eigenvalue weighted by atomic mass is 9.67. The summed E-state index contributed by atoms with van der Waals surface area (Å²) in [5, 5.41) is 0. The second kappa shape index (κ2) is 24.9. The van der Waals surface area contributed by atoms with Gasteiger partial charge >= 0.3 is 17.6 Å². The Bertz CT molecular complexity index is 2260. The van der Waals surface area contributed by atoms with Gasteiger partial charge in [-0.15, -0.1) is 0 Å². The van der Waals surface area contributed by atoms with E-state index in [1.807, 2.05) is 23.5 Å². The Balaban J connectivity index is 1.18. The molecule has 6 aromatic carbocycles. The second-order valence-corrected chi connectivity index (χ2v) is 25.1. The van der Waals surface area contributed by atoms with Crippen LogP contribution in [0.4, 0.5) is 0 Å². The van der Waals surface area contributed by atoms with Gasteiger partial charge in [0, 0.05) is 65.9 Å². The highest BCUT2D eigenvalue weighted by Crippen LogP contribution is 2.57. The van der Waals surface area contributed by atoms with E-state index in [9.17, 15) is 0 Å². The van der Waals surface area contributed by atoms with Crippen LogP contribution in [-0.4, -0.2) is 96.5 Å². The van der Waals surface area contributed by atoms with E-state index in [2.05, 4.69) is 146 Å². The SMILES string of the molecule is CO[Si](CCCSCCCOc1ccc(C2(c3ccc(OCCCSCCC[Si](OC)(OC)OC)c(-c4ccccc4)c3)c3ccccc3-c3ccccc32)cc1-c1ccccc1)(OC)OC. The van der Waals surface area contributed by atoms with Gasteiger partial charge in [-0.05, 0) is 117 Å². The van der Waals surface area contributed by atoms with Crippen LogP contribution in [-0.2, 0) is 32.0 Å². The minimum absolute atomic E-state index is 0.621. The molecule has 0 saturated heterocycles. The first-order valence-electron chi connectivity index (χ1n) is 23.2. The maximum absolute atomic E-state index is 6.70. The van der Waals surface area contributed by atoms with E-state index in [0.29, 0.717) is 13.2 Å². The first kappa shape index (κ1) is 50.7. The van der Waals surface area contributed by atoms with E-state index >= 15 is 0 Å². The molecule has 0 aromatic heterocycles. The molecule has 0 aliphatic heterocycles. The predicted octanol–water partition coefficient (Wildman–Crippen LogP) is 12.9. The number of fused-ring (bicyclic) bond motifs is 3. The number of hydrogen-bond donors (Lipinski definition) is 0. The fourth-order valence-electron chi connectivity index (χ4n) is 9.27. The van der Waals surface area contributed by atoms with Crippen molar-refractivity contribution in [1.82, 2.24) is 0 Å². The van der Waals surface area contributed by atoms with Crippen molar-refractivity contribution < 1.29 is 36.0 Å². The van der Waals surface area contributed by atoms with Crippen LogP contribution >= 0.6 is 23.5 Å². The average molecular weight is 975 g/mol. The summed E-state index contributed by atoms with van der Waals surface area (Å²) in [6.45, 7) is 1.24. The van der Waals surface area contributed by atoms with Crippen molar-refractivity contribution in [2.24, 2.45) is 0 Å². The number of rotatable bonds is 28. The van der Waals surface area contributed by atoms with Gasteiger partial charge in [0.15, 0.2) is 0 Å². The van der Waals surface area contributed by atoms with Crippen LogP contribution in [0.2, 0.25) is 12.1 Å². The van der Waals surface area contributed by atoms with Crippen LogP contribution in [0.5, 0.6) is 11.5 Å². The summed E-state index contributed by atoms with van der Waals surface area (Å²) in [6, 6.07) is 54.5. The zero-order valence-electron chi connectivity index (χ0n) is 39.9. The van der Waals surface area contributed by atoms with Crippen LogP contribution in [0.3, 0.4) is 0 Å². The highest BCUT2D eigenvalue weighted by atomic mass is 32.2. The van der Waals surface area contributed by atoms with Gasteiger partial charge in [-0.3, -0.25) is 0 Å². The molecule has 1 aliphatic carbocycles. The minimum atomic E-state index is -2.55. The van der Waals surface area contributed by atoms with E-state index in [0.717, 1.165) is 94.5 Å². The van der Waals surface area contributed by atoms with E-state index in [4.69, 9.17) is 36.0 Å². The number of ether oxygens (including phenoxy) is 2. The maximum atomic E-state index is 6.70. The van der Waals surface area contributed by atoms with Crippen molar-refractivity contribution in [2.45, 2.75) is 43.2 Å². The first-order chi connectivity index (χ1) is 32.9. The number of thioether (sulfide) groups is 2. The monoisotopic (exact) mass is 974 g/mol. The molecule has 0 spiro atoms. The molecule has 0 bridgehead atoms. The van der Waals surface area contributed by atoms with Crippen molar-refractivity contribution in [3.8, 4) is 44.9 Å². The summed E-state index contributed by atoms with van der Waals surface area (Å²) in [6.07, 6.45) is 3.82. The summed E-state index contributed by atoms with van der Waals surface area (Å²) >= 11 is 3.86. The van der Waals surface area contributed by atoms with Crippen LogP contribution in [0.1, 0.15) is 47.9 Å². The van der Waals surface area contributed by atoms with Gasteiger partial charge < -0.3 is 36.0 Å². The topological polar surface area (TPSA) is 73.8 Å². The Labute approximate surface area is 409 Å². The molecule has 1 aliphatic rings. The highest BCUT2D eigenvalue weighted by molar-refractivity contribution is 7.99. The predicted molar refractivity (Wildman–Crippen MR) is 282 cm³/mol. The van der Waals surface area contributed by atoms with Gasteiger partial charge in [0.2, 0.25) is 0 Å². The molecular formula is C55H66O8S2Si2. The van der Waals surface area contributed by atoms with Gasteiger partial charge in [-0.1, -0.05) is 121 Å². The van der Waals surface area contributed by atoms with Gasteiger partial charge in [0.25, 0.3) is 0 Å².